The highest BCUT2D eigenvalue weighted by atomic mass is 19.4. The molecule has 5 aromatic rings. The molecule has 0 saturated heterocycles. The summed E-state index contributed by atoms with van der Waals surface area (Å²) < 4.78 is 52.8. The second-order valence-electron chi connectivity index (χ2n) is 10.4. The van der Waals surface area contributed by atoms with Gasteiger partial charge in [-0.05, 0) is 67.3 Å². The summed E-state index contributed by atoms with van der Waals surface area (Å²) in [6.45, 7) is 4.48. The number of carbonyl (C=O) groups is 1. The van der Waals surface area contributed by atoms with E-state index in [2.05, 4.69) is 10.1 Å². The quantitative estimate of drug-likeness (QED) is 0.277. The molecule has 0 bridgehead atoms. The van der Waals surface area contributed by atoms with Crippen LogP contribution in [-0.4, -0.2) is 43.5 Å². The number of amides is 1. The fourth-order valence-corrected chi connectivity index (χ4v) is 5.87. The molecule has 0 saturated carbocycles. The highest BCUT2D eigenvalue weighted by molar-refractivity contribution is 6.14. The van der Waals surface area contributed by atoms with Crippen LogP contribution in [0.3, 0.4) is 0 Å². The maximum Gasteiger partial charge on any atom is 0.435 e. The molecule has 0 unspecified atom stereocenters. The van der Waals surface area contributed by atoms with Crippen molar-refractivity contribution in [2.75, 3.05) is 18.6 Å². The molecule has 2 aromatic carbocycles. The van der Waals surface area contributed by atoms with Crippen molar-refractivity contribution in [1.29, 1.82) is 0 Å². The van der Waals surface area contributed by atoms with Crippen molar-refractivity contribution in [3.05, 3.63) is 82.8 Å². The number of anilines is 1. The zero-order valence-electron chi connectivity index (χ0n) is 23.4. The number of alkyl halides is 3. The summed E-state index contributed by atoms with van der Waals surface area (Å²) in [4.78, 5) is 20.3. The fourth-order valence-electron chi connectivity index (χ4n) is 5.87. The first-order valence-corrected chi connectivity index (χ1v) is 13.2. The summed E-state index contributed by atoms with van der Waals surface area (Å²) >= 11 is 0. The van der Waals surface area contributed by atoms with Crippen LogP contribution in [-0.2, 0) is 33.2 Å². The summed E-state index contributed by atoms with van der Waals surface area (Å²) in [5.74, 6) is 1.17. The van der Waals surface area contributed by atoms with Crippen molar-refractivity contribution in [3.63, 3.8) is 0 Å². The average molecular weight is 563 g/mol. The highest BCUT2D eigenvalue weighted by Crippen LogP contribution is 2.42. The Morgan fingerprint density at radius 2 is 1.80 bits per heavy atom. The second-order valence-corrected chi connectivity index (χ2v) is 10.4. The third kappa shape index (κ3) is 4.36. The number of ether oxygens (including phenoxy) is 1. The van der Waals surface area contributed by atoms with E-state index >= 15 is 0 Å². The summed E-state index contributed by atoms with van der Waals surface area (Å²) in [6.07, 6.45) is 0.586. The van der Waals surface area contributed by atoms with E-state index in [-0.39, 0.29) is 11.5 Å². The number of carbonyl (C=O) groups excluding carboxylic acids is 1. The molecule has 0 spiro atoms. The van der Waals surface area contributed by atoms with Crippen LogP contribution < -0.4 is 9.64 Å². The maximum atomic E-state index is 14.3. The number of nitrogens with zero attached hydrogens (tertiary/aromatic N) is 6. The van der Waals surface area contributed by atoms with Crippen molar-refractivity contribution < 1.29 is 22.7 Å². The molecule has 3 aromatic heterocycles. The van der Waals surface area contributed by atoms with Gasteiger partial charge in [0.15, 0.2) is 5.69 Å². The first kappa shape index (κ1) is 26.7. The number of aryl methyl sites for hydroxylation is 3. The Balaban J connectivity index is 1.54. The molecular weight excluding hydrogens is 533 g/mol. The third-order valence-electron chi connectivity index (χ3n) is 7.97. The Bertz CT molecular complexity index is 1830. The molecule has 212 valence electrons. The SMILES string of the molecule is COc1ccc2c(c1)c(N1CCc3c(cc(Cn4ccnc4C)cc3-c3cn(C)nc3C(F)(F)F)C1=O)c(C)n2C. The zero-order chi connectivity index (χ0) is 29.2. The number of benzene rings is 2. The minimum absolute atomic E-state index is 0.0345. The first-order chi connectivity index (χ1) is 19.5. The number of rotatable bonds is 5. The molecule has 41 heavy (non-hydrogen) atoms. The molecule has 1 aliphatic rings. The van der Waals surface area contributed by atoms with Gasteiger partial charge in [0.1, 0.15) is 11.6 Å². The number of halogens is 3. The Morgan fingerprint density at radius 1 is 1.05 bits per heavy atom. The third-order valence-corrected chi connectivity index (χ3v) is 7.97. The van der Waals surface area contributed by atoms with E-state index in [1.165, 1.54) is 17.9 Å². The van der Waals surface area contributed by atoms with Gasteiger partial charge in [-0.2, -0.15) is 18.3 Å². The number of aromatic nitrogens is 5. The Hall–Kier alpha value is -4.54. The molecule has 0 radical (unpaired) electrons. The molecule has 0 N–H and O–H groups in total. The van der Waals surface area contributed by atoms with Crippen LogP contribution in [0.1, 0.15) is 38.7 Å². The van der Waals surface area contributed by atoms with Crippen LogP contribution >= 0.6 is 0 Å². The lowest BCUT2D eigenvalue weighted by Gasteiger charge is -2.31. The monoisotopic (exact) mass is 562 g/mol. The average Bonchev–Trinajstić information content (AvgIpc) is 3.60. The molecule has 0 aliphatic carbocycles. The van der Waals surface area contributed by atoms with Crippen LogP contribution in [0.4, 0.5) is 18.9 Å². The summed E-state index contributed by atoms with van der Waals surface area (Å²) in [7, 11) is 5.01. The van der Waals surface area contributed by atoms with Gasteiger partial charge in [0.05, 0.1) is 18.3 Å². The van der Waals surface area contributed by atoms with Crippen molar-refractivity contribution in [1.82, 2.24) is 23.9 Å². The van der Waals surface area contributed by atoms with Gasteiger partial charge in [-0.15, -0.1) is 0 Å². The Morgan fingerprint density at radius 3 is 2.49 bits per heavy atom. The fraction of sp³-hybridized carbons (Fsp3) is 0.300. The number of imidazole rings is 1. The summed E-state index contributed by atoms with van der Waals surface area (Å²) in [5.41, 5.74) is 3.67. The normalized spacial score (nSPS) is 13.8. The first-order valence-electron chi connectivity index (χ1n) is 13.2. The maximum absolute atomic E-state index is 14.3. The van der Waals surface area contributed by atoms with Gasteiger partial charge in [0.25, 0.3) is 5.91 Å². The van der Waals surface area contributed by atoms with Crippen LogP contribution in [0, 0.1) is 13.8 Å². The van der Waals surface area contributed by atoms with Gasteiger partial charge in [-0.25, -0.2) is 4.98 Å². The van der Waals surface area contributed by atoms with Gasteiger partial charge in [-0.3, -0.25) is 9.48 Å². The molecule has 1 amide bonds. The predicted molar refractivity (Wildman–Crippen MR) is 149 cm³/mol. The van der Waals surface area contributed by atoms with Gasteiger partial charge >= 0.3 is 6.18 Å². The number of fused-ring (bicyclic) bond motifs is 2. The van der Waals surface area contributed by atoms with Crippen molar-refractivity contribution >= 4 is 22.5 Å². The van der Waals surface area contributed by atoms with Crippen LogP contribution in [0.25, 0.3) is 22.0 Å². The van der Waals surface area contributed by atoms with E-state index in [9.17, 15) is 18.0 Å². The number of methoxy groups -OCH3 is 1. The molecule has 6 rings (SSSR count). The van der Waals surface area contributed by atoms with Crippen molar-refractivity contribution in [2.24, 2.45) is 14.1 Å². The minimum Gasteiger partial charge on any atom is -0.497 e. The van der Waals surface area contributed by atoms with E-state index in [0.29, 0.717) is 47.5 Å². The van der Waals surface area contributed by atoms with E-state index in [0.717, 1.165) is 28.1 Å². The molecule has 1 aliphatic heterocycles. The number of hydrogen-bond donors (Lipinski definition) is 0. The van der Waals surface area contributed by atoms with Crippen LogP contribution in [0.5, 0.6) is 5.75 Å². The second kappa shape index (κ2) is 9.53. The van der Waals surface area contributed by atoms with Gasteiger partial charge < -0.3 is 18.8 Å². The highest BCUT2D eigenvalue weighted by Gasteiger charge is 2.39. The summed E-state index contributed by atoms with van der Waals surface area (Å²) in [6, 6.07) is 9.30. The lowest BCUT2D eigenvalue weighted by molar-refractivity contribution is -0.140. The minimum atomic E-state index is -4.65. The van der Waals surface area contributed by atoms with E-state index in [1.807, 2.05) is 48.2 Å². The van der Waals surface area contributed by atoms with Crippen LogP contribution in [0.15, 0.2) is 48.9 Å². The molecule has 11 heteroatoms. The Kier molecular flexibility index (Phi) is 6.20. The smallest absolute Gasteiger partial charge is 0.435 e. The summed E-state index contributed by atoms with van der Waals surface area (Å²) in [5, 5.41) is 4.61. The van der Waals surface area contributed by atoms with E-state index in [4.69, 9.17) is 4.74 Å². The molecular formula is C30H29F3N6O2. The molecule has 8 nitrogen and oxygen atoms in total. The van der Waals surface area contributed by atoms with Crippen molar-refractivity contribution in [3.8, 4) is 16.9 Å². The van der Waals surface area contributed by atoms with Gasteiger partial charge in [0, 0.05) is 68.0 Å². The van der Waals surface area contributed by atoms with Gasteiger partial charge in [-0.1, -0.05) is 0 Å². The topological polar surface area (TPSA) is 70.1 Å². The zero-order valence-corrected chi connectivity index (χ0v) is 23.4. The molecule has 4 heterocycles. The lowest BCUT2D eigenvalue weighted by atomic mass is 9.88. The lowest BCUT2D eigenvalue weighted by Crippen LogP contribution is -2.38. The number of hydrogen-bond acceptors (Lipinski definition) is 4. The van der Waals surface area contributed by atoms with Crippen molar-refractivity contribution in [2.45, 2.75) is 33.0 Å². The van der Waals surface area contributed by atoms with Crippen LogP contribution in [0.2, 0.25) is 0 Å². The molecule has 0 atom stereocenters. The molecule has 0 fully saturated rings. The van der Waals surface area contributed by atoms with Gasteiger partial charge in [0.2, 0.25) is 0 Å². The largest absolute Gasteiger partial charge is 0.497 e. The standard InChI is InChI=1S/C30H29F3N6O2/c1-17-27(24-14-20(41-5)6-7-26(24)37(17)4)39-10-8-21-22(25-16-36(3)35-28(25)30(31,32)33)12-19(13-23(21)29(39)40)15-38-11-9-34-18(38)2/h6-7,9,11-14,16H,8,10,15H2,1-5H3. The van der Waals surface area contributed by atoms with E-state index < -0.39 is 11.9 Å². The Labute approximate surface area is 234 Å². The predicted octanol–water partition coefficient (Wildman–Crippen LogP) is 5.67. The van der Waals surface area contributed by atoms with E-state index in [1.54, 1.807) is 36.5 Å².